The van der Waals surface area contributed by atoms with Gasteiger partial charge in [0.25, 0.3) is 0 Å². The van der Waals surface area contributed by atoms with E-state index >= 15 is 0 Å². The molecule has 1 nitrogen and oxygen atoms in total. The van der Waals surface area contributed by atoms with Crippen molar-refractivity contribution >= 4 is 48.5 Å². The summed E-state index contributed by atoms with van der Waals surface area (Å²) in [5.41, 5.74) is 3.69. The van der Waals surface area contributed by atoms with Crippen LogP contribution in [0.1, 0.15) is 18.2 Å². The van der Waals surface area contributed by atoms with E-state index in [1.807, 2.05) is 17.4 Å². The lowest BCUT2D eigenvalue weighted by Crippen LogP contribution is -1.82. The van der Waals surface area contributed by atoms with Crippen LogP contribution in [-0.4, -0.2) is 4.98 Å². The third kappa shape index (κ3) is 1.84. The summed E-state index contributed by atoms with van der Waals surface area (Å²) in [5.74, 6) is 0. The molecule has 2 aromatic carbocycles. The van der Waals surface area contributed by atoms with E-state index in [9.17, 15) is 0 Å². The van der Waals surface area contributed by atoms with Gasteiger partial charge >= 0.3 is 0 Å². The summed E-state index contributed by atoms with van der Waals surface area (Å²) < 4.78 is 2.73. The van der Waals surface area contributed by atoms with Crippen molar-refractivity contribution in [3.63, 3.8) is 0 Å². The first-order chi connectivity index (χ1) is 10.8. The first-order valence-electron chi connectivity index (χ1n) is 7.52. The van der Waals surface area contributed by atoms with E-state index in [4.69, 9.17) is 0 Å². The normalized spacial score (nSPS) is 12.0. The number of aromatic amines is 1. The lowest BCUT2D eigenvalue weighted by atomic mass is 10.0. The monoisotopic (exact) mass is 303 g/mol. The summed E-state index contributed by atoms with van der Waals surface area (Å²) in [6.45, 7) is 6.03. The number of hydrogen-bond donors (Lipinski definition) is 1. The zero-order valence-corrected chi connectivity index (χ0v) is 13.3. The first kappa shape index (κ1) is 13.4. The van der Waals surface area contributed by atoms with E-state index in [0.29, 0.717) is 0 Å². The Balaban J connectivity index is 2.17. The van der Waals surface area contributed by atoms with Gasteiger partial charge in [0, 0.05) is 36.8 Å². The molecule has 0 unspecified atom stereocenters. The minimum atomic E-state index is 0.936. The van der Waals surface area contributed by atoms with Crippen molar-refractivity contribution in [1.29, 1.82) is 0 Å². The van der Waals surface area contributed by atoms with E-state index in [0.717, 1.165) is 12.1 Å². The number of allylic oxidation sites excluding steroid dienone is 2. The molecule has 2 heterocycles. The Morgan fingerprint density at radius 3 is 2.82 bits per heavy atom. The number of H-pyrrole nitrogens is 1. The molecule has 0 atom stereocenters. The summed E-state index contributed by atoms with van der Waals surface area (Å²) in [4.78, 5) is 3.51. The van der Waals surface area contributed by atoms with Gasteiger partial charge in [0.2, 0.25) is 0 Å². The molecule has 0 aliphatic carbocycles. The second kappa shape index (κ2) is 5.15. The summed E-state index contributed by atoms with van der Waals surface area (Å²) in [5, 5.41) is 4.05. The maximum Gasteiger partial charge on any atom is 0.0476 e. The third-order valence-corrected chi connectivity index (χ3v) is 5.41. The van der Waals surface area contributed by atoms with Crippen LogP contribution in [0, 0.1) is 0 Å². The molecular weight excluding hydrogens is 286 g/mol. The molecule has 0 amide bonds. The molecule has 4 aromatic rings. The van der Waals surface area contributed by atoms with Crippen molar-refractivity contribution < 1.29 is 0 Å². The number of thiophene rings is 1. The van der Waals surface area contributed by atoms with E-state index in [1.54, 1.807) is 0 Å². The van der Waals surface area contributed by atoms with Gasteiger partial charge in [-0.1, -0.05) is 43.0 Å². The van der Waals surface area contributed by atoms with Crippen LogP contribution >= 0.6 is 11.3 Å². The number of aromatic nitrogens is 1. The largest absolute Gasteiger partial charge is 0.355 e. The Bertz CT molecular complexity index is 1030. The Morgan fingerprint density at radius 1 is 1.14 bits per heavy atom. The van der Waals surface area contributed by atoms with Crippen molar-refractivity contribution in [3.8, 4) is 0 Å². The molecule has 0 spiro atoms. The van der Waals surface area contributed by atoms with Crippen LogP contribution in [0.15, 0.2) is 55.1 Å². The average molecular weight is 303 g/mol. The molecule has 0 aliphatic rings. The van der Waals surface area contributed by atoms with Gasteiger partial charge in [-0.15, -0.1) is 11.3 Å². The highest BCUT2D eigenvalue weighted by Crippen LogP contribution is 2.40. The average Bonchev–Trinajstić information content (AvgIpc) is 3.10. The van der Waals surface area contributed by atoms with Crippen molar-refractivity contribution in [2.24, 2.45) is 0 Å². The van der Waals surface area contributed by atoms with E-state index in [2.05, 4.69) is 67.0 Å². The second-order valence-corrected chi connectivity index (χ2v) is 6.51. The second-order valence-electron chi connectivity index (χ2n) is 5.46. The SMILES string of the molecule is C=Cc1[nH]c2ccc3c4ccccc4sc3c2c1C/C=C\C. The first-order valence-corrected chi connectivity index (χ1v) is 8.33. The molecule has 0 radical (unpaired) electrons. The van der Waals surface area contributed by atoms with Crippen molar-refractivity contribution in [3.05, 3.63) is 66.4 Å². The van der Waals surface area contributed by atoms with Crippen LogP contribution < -0.4 is 0 Å². The highest BCUT2D eigenvalue weighted by molar-refractivity contribution is 7.26. The van der Waals surface area contributed by atoms with Gasteiger partial charge < -0.3 is 4.98 Å². The molecule has 0 fully saturated rings. The standard InChI is InChI=1S/C20H17NS/c1-3-5-8-15-16(4-2)21-17-12-11-14-13-9-6-7-10-18(13)22-20(14)19(15)17/h3-7,9-12,21H,2,8H2,1H3/b5-3-. The molecule has 0 saturated heterocycles. The Labute approximate surface area is 133 Å². The fraction of sp³-hybridized carbons (Fsp3) is 0.100. The summed E-state index contributed by atoms with van der Waals surface area (Å²) >= 11 is 1.88. The Hall–Kier alpha value is -2.32. The van der Waals surface area contributed by atoms with E-state index in [1.165, 1.54) is 36.6 Å². The molecule has 4 rings (SSSR count). The van der Waals surface area contributed by atoms with Gasteiger partial charge in [-0.25, -0.2) is 0 Å². The number of hydrogen-bond acceptors (Lipinski definition) is 1. The molecule has 1 N–H and O–H groups in total. The van der Waals surface area contributed by atoms with Crippen molar-refractivity contribution in [2.75, 3.05) is 0 Å². The van der Waals surface area contributed by atoms with Crippen molar-refractivity contribution in [2.45, 2.75) is 13.3 Å². The fourth-order valence-corrected chi connectivity index (χ4v) is 4.45. The molecule has 0 saturated carbocycles. The smallest absolute Gasteiger partial charge is 0.0476 e. The lowest BCUT2D eigenvalue weighted by Gasteiger charge is -1.99. The van der Waals surface area contributed by atoms with E-state index < -0.39 is 0 Å². The van der Waals surface area contributed by atoms with Gasteiger partial charge in [-0.05, 0) is 37.1 Å². The fourth-order valence-electron chi connectivity index (χ4n) is 3.17. The van der Waals surface area contributed by atoms with Crippen LogP contribution in [0.3, 0.4) is 0 Å². The highest BCUT2D eigenvalue weighted by Gasteiger charge is 2.14. The number of nitrogens with one attached hydrogen (secondary N) is 1. The number of fused-ring (bicyclic) bond motifs is 5. The maximum atomic E-state index is 3.97. The predicted molar refractivity (Wildman–Crippen MR) is 99.8 cm³/mol. The quantitative estimate of drug-likeness (QED) is 0.428. The molecular formula is C20H17NS. The summed E-state index contributed by atoms with van der Waals surface area (Å²) in [7, 11) is 0. The molecule has 0 bridgehead atoms. The molecule has 2 aromatic heterocycles. The number of rotatable bonds is 3. The third-order valence-electron chi connectivity index (χ3n) is 4.20. The van der Waals surface area contributed by atoms with Crippen LogP contribution in [0.25, 0.3) is 37.2 Å². The Kier molecular flexibility index (Phi) is 3.12. The molecule has 22 heavy (non-hydrogen) atoms. The zero-order chi connectivity index (χ0) is 15.1. The minimum Gasteiger partial charge on any atom is -0.355 e. The molecule has 0 aliphatic heterocycles. The number of benzene rings is 2. The lowest BCUT2D eigenvalue weighted by molar-refractivity contribution is 1.26. The van der Waals surface area contributed by atoms with E-state index in [-0.39, 0.29) is 0 Å². The van der Waals surface area contributed by atoms with Crippen molar-refractivity contribution in [1.82, 2.24) is 4.98 Å². The highest BCUT2D eigenvalue weighted by atomic mass is 32.1. The Morgan fingerprint density at radius 2 is 2.00 bits per heavy atom. The van der Waals surface area contributed by atoms with Gasteiger partial charge in [0.15, 0.2) is 0 Å². The van der Waals surface area contributed by atoms with Gasteiger partial charge in [0.1, 0.15) is 0 Å². The van der Waals surface area contributed by atoms with Gasteiger partial charge in [-0.3, -0.25) is 0 Å². The zero-order valence-electron chi connectivity index (χ0n) is 12.5. The van der Waals surface area contributed by atoms with Crippen LogP contribution in [-0.2, 0) is 6.42 Å². The predicted octanol–water partition coefficient (Wildman–Crippen LogP) is 6.30. The maximum absolute atomic E-state index is 3.97. The van der Waals surface area contributed by atoms with Crippen LogP contribution in [0.5, 0.6) is 0 Å². The summed E-state index contributed by atoms with van der Waals surface area (Å²) in [6, 6.07) is 13.1. The van der Waals surface area contributed by atoms with Gasteiger partial charge in [0.05, 0.1) is 0 Å². The van der Waals surface area contributed by atoms with Crippen LogP contribution in [0.4, 0.5) is 0 Å². The van der Waals surface area contributed by atoms with Gasteiger partial charge in [-0.2, -0.15) is 0 Å². The topological polar surface area (TPSA) is 15.8 Å². The summed E-state index contributed by atoms with van der Waals surface area (Å²) in [6.07, 6.45) is 7.18. The molecule has 2 heteroatoms. The molecule has 108 valence electrons. The minimum absolute atomic E-state index is 0.936. The van der Waals surface area contributed by atoms with Crippen LogP contribution in [0.2, 0.25) is 0 Å².